The number of halogens is 4. The summed E-state index contributed by atoms with van der Waals surface area (Å²) in [4.78, 5) is 0. The van der Waals surface area contributed by atoms with Crippen LogP contribution in [-0.4, -0.2) is 21.5 Å². The molecule has 188 valence electrons. The van der Waals surface area contributed by atoms with Crippen LogP contribution in [0.3, 0.4) is 0 Å². The molecule has 0 saturated carbocycles. The fourth-order valence-corrected chi connectivity index (χ4v) is 9.40. The molecule has 1 atom stereocenters. The van der Waals surface area contributed by atoms with Crippen LogP contribution in [0.15, 0.2) is 109 Å². The lowest BCUT2D eigenvalue weighted by Gasteiger charge is -2.34. The Hall–Kier alpha value is -3.31. The average molecular weight is 514 g/mol. The molecule has 36 heavy (non-hydrogen) atoms. The van der Waals surface area contributed by atoms with Crippen molar-refractivity contribution in [1.82, 2.24) is 0 Å². The van der Waals surface area contributed by atoms with E-state index in [0.717, 1.165) is 17.1 Å². The third kappa shape index (κ3) is 6.08. The first-order chi connectivity index (χ1) is 17.2. The number of benzene rings is 4. The van der Waals surface area contributed by atoms with E-state index in [1.165, 1.54) is 15.9 Å². The Balaban J connectivity index is 0.000000658. The number of methoxy groups -OCH3 is 2. The Morgan fingerprint density at radius 2 is 0.861 bits per heavy atom. The topological polar surface area (TPSA) is 18.5 Å². The number of hydrogen-bond acceptors (Lipinski definition) is 2. The highest BCUT2D eigenvalue weighted by atomic mass is 31.2. The van der Waals surface area contributed by atoms with E-state index >= 15 is 0 Å². The lowest BCUT2D eigenvalue weighted by molar-refractivity contribution is 0.368. The van der Waals surface area contributed by atoms with E-state index in [1.54, 1.807) is 14.2 Å². The number of hydrogen-bond donors (Lipinski definition) is 0. The molecule has 4 aromatic rings. The van der Waals surface area contributed by atoms with Gasteiger partial charge in [-0.1, -0.05) is 60.7 Å². The Labute approximate surface area is 210 Å². The first-order valence-corrected chi connectivity index (χ1v) is 13.2. The van der Waals surface area contributed by atoms with Gasteiger partial charge in [-0.25, -0.2) is 0 Å². The molecule has 0 aliphatic rings. The van der Waals surface area contributed by atoms with Crippen LogP contribution >= 0.6 is 7.26 Å². The largest absolute Gasteiger partial charge is 0.673 e. The van der Waals surface area contributed by atoms with Gasteiger partial charge in [-0.15, -0.1) is 0 Å². The van der Waals surface area contributed by atoms with E-state index < -0.39 is 14.5 Å². The lowest BCUT2D eigenvalue weighted by atomic mass is 10.1. The smallest absolute Gasteiger partial charge is 0.496 e. The van der Waals surface area contributed by atoms with Gasteiger partial charge in [0.1, 0.15) is 40.3 Å². The molecule has 4 rings (SSSR count). The second-order valence-corrected chi connectivity index (χ2v) is 11.7. The van der Waals surface area contributed by atoms with Gasteiger partial charge in [-0.2, -0.15) is 0 Å². The summed E-state index contributed by atoms with van der Waals surface area (Å²) in [6.45, 7) is 2.32. The molecule has 0 aliphatic heterocycles. The number of ether oxygens (including phenoxy) is 2. The highest BCUT2D eigenvalue weighted by Crippen LogP contribution is 2.68. The normalized spacial score (nSPS) is 12.2. The third-order valence-corrected chi connectivity index (χ3v) is 10.7. The molecule has 0 aromatic heterocycles. The molecular weight excluding hydrogens is 486 g/mol. The van der Waals surface area contributed by atoms with Crippen LogP contribution in [0.2, 0.25) is 0 Å². The summed E-state index contributed by atoms with van der Waals surface area (Å²) in [6.07, 6.45) is 0. The third-order valence-electron chi connectivity index (χ3n) is 5.96. The van der Waals surface area contributed by atoms with Gasteiger partial charge in [-0.3, -0.25) is 0 Å². The van der Waals surface area contributed by atoms with E-state index in [-0.39, 0.29) is 5.66 Å². The maximum Gasteiger partial charge on any atom is 0.673 e. The first kappa shape index (κ1) is 27.3. The quantitative estimate of drug-likeness (QED) is 0.149. The molecular formula is C28H28BF4O2P. The van der Waals surface area contributed by atoms with Crippen molar-refractivity contribution in [2.75, 3.05) is 14.2 Å². The Morgan fingerprint density at radius 1 is 0.556 bits per heavy atom. The van der Waals surface area contributed by atoms with Gasteiger partial charge in [0.05, 0.1) is 19.8 Å². The second-order valence-electron chi connectivity index (χ2n) is 7.98. The Bertz CT molecular complexity index is 1100. The van der Waals surface area contributed by atoms with Gasteiger partial charge in [-0.05, 0) is 55.5 Å². The monoisotopic (exact) mass is 514 g/mol. The van der Waals surface area contributed by atoms with E-state index in [2.05, 4.69) is 97.9 Å². The molecule has 8 heteroatoms. The summed E-state index contributed by atoms with van der Waals surface area (Å²) < 4.78 is 50.7. The molecule has 0 heterocycles. The van der Waals surface area contributed by atoms with Crippen LogP contribution in [0.1, 0.15) is 18.1 Å². The van der Waals surface area contributed by atoms with Crippen LogP contribution in [0.4, 0.5) is 17.3 Å². The molecule has 0 saturated heterocycles. The highest BCUT2D eigenvalue weighted by Gasteiger charge is 2.52. The fraction of sp³-hybridized carbons (Fsp3) is 0.143. The van der Waals surface area contributed by atoms with Crippen molar-refractivity contribution in [3.8, 4) is 11.5 Å². The van der Waals surface area contributed by atoms with E-state index in [1.807, 2.05) is 18.2 Å². The molecule has 0 aliphatic carbocycles. The van der Waals surface area contributed by atoms with Gasteiger partial charge in [0.2, 0.25) is 0 Å². The van der Waals surface area contributed by atoms with Crippen molar-refractivity contribution in [3.05, 3.63) is 115 Å². The van der Waals surface area contributed by atoms with Gasteiger partial charge in [0, 0.05) is 0 Å². The van der Waals surface area contributed by atoms with E-state index in [9.17, 15) is 17.3 Å². The molecule has 0 spiro atoms. The number of rotatable bonds is 7. The first-order valence-electron chi connectivity index (χ1n) is 11.4. The van der Waals surface area contributed by atoms with Crippen molar-refractivity contribution >= 4 is 30.4 Å². The molecule has 0 amide bonds. The van der Waals surface area contributed by atoms with Crippen LogP contribution in [0, 0.1) is 0 Å². The summed E-state index contributed by atoms with van der Waals surface area (Å²) in [5, 5.41) is 4.02. The Morgan fingerprint density at radius 3 is 1.14 bits per heavy atom. The maximum absolute atomic E-state index is 9.75. The van der Waals surface area contributed by atoms with Crippen molar-refractivity contribution in [1.29, 1.82) is 0 Å². The highest BCUT2D eigenvalue weighted by molar-refractivity contribution is 7.96. The molecule has 2 nitrogen and oxygen atoms in total. The van der Waals surface area contributed by atoms with Gasteiger partial charge >= 0.3 is 7.25 Å². The van der Waals surface area contributed by atoms with E-state index in [4.69, 9.17) is 9.47 Å². The van der Waals surface area contributed by atoms with Crippen molar-refractivity contribution in [3.63, 3.8) is 0 Å². The summed E-state index contributed by atoms with van der Waals surface area (Å²) in [5.41, 5.74) is 1.24. The van der Waals surface area contributed by atoms with Crippen LogP contribution in [0.5, 0.6) is 11.5 Å². The summed E-state index contributed by atoms with van der Waals surface area (Å²) in [5.74, 6) is 1.72. The summed E-state index contributed by atoms with van der Waals surface area (Å²) in [7, 11) is -4.64. The van der Waals surface area contributed by atoms with Gasteiger partial charge in [0.25, 0.3) is 0 Å². The second kappa shape index (κ2) is 12.1. The van der Waals surface area contributed by atoms with Crippen molar-refractivity contribution in [2.24, 2.45) is 0 Å². The zero-order valence-corrected chi connectivity index (χ0v) is 21.2. The minimum Gasteiger partial charge on any atom is -0.496 e. The SMILES string of the molecule is COc1cccc(OC)c1C(C)[P+](c1ccccc1)(c1ccccc1)c1ccccc1.F[B-](F)(F)F. The van der Waals surface area contributed by atoms with Crippen molar-refractivity contribution < 1.29 is 26.7 Å². The standard InChI is InChI=1S/C28H28O2P.BF4/c1-22(28-26(29-2)20-13-21-27(28)30-3)31(23-14-7-4-8-15-23,24-16-9-5-10-17-24)25-18-11-6-12-19-25;2-1(3,4)5/h4-22H,1-3H3;/q+1;-1. The Kier molecular flexibility index (Phi) is 9.16. The zero-order chi connectivity index (χ0) is 26.2. The summed E-state index contributed by atoms with van der Waals surface area (Å²) >= 11 is 0. The maximum atomic E-state index is 9.75. The molecule has 1 unspecified atom stereocenters. The fourth-order valence-electron chi connectivity index (χ4n) is 4.59. The van der Waals surface area contributed by atoms with Gasteiger partial charge < -0.3 is 26.7 Å². The minimum absolute atomic E-state index is 0.130. The van der Waals surface area contributed by atoms with Crippen LogP contribution in [0.25, 0.3) is 0 Å². The molecule has 0 N–H and O–H groups in total. The average Bonchev–Trinajstić information content (AvgIpc) is 2.89. The molecule has 0 bridgehead atoms. The summed E-state index contributed by atoms with van der Waals surface area (Å²) in [6, 6.07) is 38.8. The predicted octanol–water partition coefficient (Wildman–Crippen LogP) is 7.06. The zero-order valence-electron chi connectivity index (χ0n) is 20.3. The molecule has 0 fully saturated rings. The lowest BCUT2D eigenvalue weighted by Crippen LogP contribution is -2.34. The predicted molar refractivity (Wildman–Crippen MR) is 143 cm³/mol. The molecule has 0 radical (unpaired) electrons. The molecule has 4 aromatic carbocycles. The van der Waals surface area contributed by atoms with Crippen LogP contribution in [-0.2, 0) is 0 Å². The minimum atomic E-state index is -6.00. The van der Waals surface area contributed by atoms with Crippen LogP contribution < -0.4 is 25.4 Å². The van der Waals surface area contributed by atoms with Gasteiger partial charge in [0.15, 0.2) is 0 Å². The van der Waals surface area contributed by atoms with Crippen molar-refractivity contribution in [2.45, 2.75) is 12.6 Å². The van der Waals surface area contributed by atoms with E-state index in [0.29, 0.717) is 0 Å².